The van der Waals surface area contributed by atoms with Gasteiger partial charge in [-0.25, -0.2) is 18.1 Å². The average molecular weight is 410 g/mol. The zero-order valence-electron chi connectivity index (χ0n) is 13.9. The second-order valence-electron chi connectivity index (χ2n) is 5.71. The van der Waals surface area contributed by atoms with Gasteiger partial charge < -0.3 is 4.98 Å². The molecule has 0 bridgehead atoms. The van der Waals surface area contributed by atoms with E-state index in [1.807, 2.05) is 37.3 Å². The lowest BCUT2D eigenvalue weighted by Crippen LogP contribution is -2.29. The Balaban J connectivity index is 1.88. The molecule has 5 nitrogen and oxygen atoms in total. The van der Waals surface area contributed by atoms with E-state index in [2.05, 4.69) is 14.7 Å². The van der Waals surface area contributed by atoms with E-state index in [0.717, 1.165) is 11.3 Å². The van der Waals surface area contributed by atoms with Gasteiger partial charge in [-0.05, 0) is 30.2 Å². The van der Waals surface area contributed by atoms with Crippen molar-refractivity contribution in [3.8, 4) is 11.3 Å². The Morgan fingerprint density at radius 1 is 1.15 bits per heavy atom. The van der Waals surface area contributed by atoms with E-state index < -0.39 is 16.1 Å². The van der Waals surface area contributed by atoms with Crippen LogP contribution in [0.1, 0.15) is 25.2 Å². The SMILES string of the molecule is CCC(NS(=O)(=O)c1cc(Cl)ccc1Cl)c1ncc(-c2ccccc2)[nH]1. The lowest BCUT2D eigenvalue weighted by Gasteiger charge is -2.16. The number of sulfonamides is 1. The van der Waals surface area contributed by atoms with Crippen molar-refractivity contribution < 1.29 is 8.42 Å². The van der Waals surface area contributed by atoms with E-state index in [9.17, 15) is 8.42 Å². The highest BCUT2D eigenvalue weighted by atomic mass is 35.5. The van der Waals surface area contributed by atoms with Crippen LogP contribution in [0.5, 0.6) is 0 Å². The summed E-state index contributed by atoms with van der Waals surface area (Å²) in [7, 11) is -3.85. The van der Waals surface area contributed by atoms with E-state index in [4.69, 9.17) is 23.2 Å². The fourth-order valence-electron chi connectivity index (χ4n) is 2.54. The number of halogens is 2. The summed E-state index contributed by atoms with van der Waals surface area (Å²) >= 11 is 11.9. The van der Waals surface area contributed by atoms with Crippen molar-refractivity contribution in [1.29, 1.82) is 0 Å². The molecular weight excluding hydrogens is 393 g/mol. The normalized spacial score (nSPS) is 12.9. The van der Waals surface area contributed by atoms with Crippen molar-refractivity contribution in [2.75, 3.05) is 0 Å². The quantitative estimate of drug-likeness (QED) is 0.612. The van der Waals surface area contributed by atoms with Gasteiger partial charge in [0.25, 0.3) is 0 Å². The van der Waals surface area contributed by atoms with Gasteiger partial charge in [0.15, 0.2) is 0 Å². The molecule has 0 aliphatic rings. The molecule has 0 saturated carbocycles. The van der Waals surface area contributed by atoms with Crippen LogP contribution in [0.25, 0.3) is 11.3 Å². The Morgan fingerprint density at radius 3 is 2.58 bits per heavy atom. The molecule has 0 aliphatic heterocycles. The summed E-state index contributed by atoms with van der Waals surface area (Å²) in [5, 5.41) is 0.411. The molecule has 1 heterocycles. The highest BCUT2D eigenvalue weighted by Crippen LogP contribution is 2.27. The van der Waals surface area contributed by atoms with Crippen molar-refractivity contribution >= 4 is 33.2 Å². The predicted molar refractivity (Wildman–Crippen MR) is 104 cm³/mol. The minimum atomic E-state index is -3.85. The van der Waals surface area contributed by atoms with E-state index >= 15 is 0 Å². The summed E-state index contributed by atoms with van der Waals surface area (Å²) in [5.74, 6) is 0.535. The summed E-state index contributed by atoms with van der Waals surface area (Å²) in [6.45, 7) is 1.87. The Labute approximate surface area is 162 Å². The van der Waals surface area contributed by atoms with Gasteiger partial charge in [-0.2, -0.15) is 0 Å². The first-order valence-electron chi connectivity index (χ1n) is 7.98. The molecule has 0 fully saturated rings. The second kappa shape index (κ2) is 7.80. The number of benzene rings is 2. The minimum Gasteiger partial charge on any atom is -0.341 e. The molecule has 2 aromatic carbocycles. The van der Waals surface area contributed by atoms with Crippen LogP contribution in [0.4, 0.5) is 0 Å². The van der Waals surface area contributed by atoms with Crippen LogP contribution in [-0.4, -0.2) is 18.4 Å². The summed E-state index contributed by atoms with van der Waals surface area (Å²) in [6, 6.07) is 13.5. The molecule has 3 aromatic rings. The molecule has 0 radical (unpaired) electrons. The smallest absolute Gasteiger partial charge is 0.242 e. The van der Waals surface area contributed by atoms with Crippen molar-refractivity contribution in [3.05, 3.63) is 70.6 Å². The van der Waals surface area contributed by atoms with Crippen LogP contribution in [0.15, 0.2) is 59.6 Å². The molecule has 0 amide bonds. The number of H-pyrrole nitrogens is 1. The molecule has 8 heteroatoms. The third-order valence-corrected chi connectivity index (χ3v) is 6.09. The Hall–Kier alpha value is -1.86. The standard InChI is InChI=1S/C18H17Cl2N3O2S/c1-2-15(18-21-11-16(22-18)12-6-4-3-5-7-12)23-26(24,25)17-10-13(19)8-9-14(17)20/h3-11,15,23H,2H2,1H3,(H,21,22). The van der Waals surface area contributed by atoms with Gasteiger partial charge >= 0.3 is 0 Å². The van der Waals surface area contributed by atoms with Gasteiger partial charge in [-0.1, -0.05) is 60.5 Å². The number of aromatic nitrogens is 2. The third-order valence-electron chi connectivity index (χ3n) is 3.90. The largest absolute Gasteiger partial charge is 0.341 e. The predicted octanol–water partition coefficient (Wildman–Crippen LogP) is 4.81. The highest BCUT2D eigenvalue weighted by molar-refractivity contribution is 7.89. The van der Waals surface area contributed by atoms with E-state index in [0.29, 0.717) is 17.3 Å². The zero-order valence-corrected chi connectivity index (χ0v) is 16.2. The molecule has 0 spiro atoms. The zero-order chi connectivity index (χ0) is 18.7. The van der Waals surface area contributed by atoms with Crippen molar-refractivity contribution in [2.45, 2.75) is 24.3 Å². The van der Waals surface area contributed by atoms with Crippen molar-refractivity contribution in [1.82, 2.24) is 14.7 Å². The fourth-order valence-corrected chi connectivity index (χ4v) is 4.59. The molecule has 136 valence electrons. The minimum absolute atomic E-state index is 0.0556. The lowest BCUT2D eigenvalue weighted by atomic mass is 10.2. The average Bonchev–Trinajstić information content (AvgIpc) is 3.12. The summed E-state index contributed by atoms with van der Waals surface area (Å²) in [5.41, 5.74) is 1.79. The van der Waals surface area contributed by atoms with Gasteiger partial charge in [-0.15, -0.1) is 0 Å². The van der Waals surface area contributed by atoms with Gasteiger partial charge in [0.05, 0.1) is 23.0 Å². The molecular formula is C18H17Cl2N3O2S. The molecule has 0 aliphatic carbocycles. The number of rotatable bonds is 6. The maximum absolute atomic E-state index is 12.7. The maximum Gasteiger partial charge on any atom is 0.242 e. The van der Waals surface area contributed by atoms with Gasteiger partial charge in [0, 0.05) is 5.02 Å². The first-order chi connectivity index (χ1) is 12.4. The Bertz CT molecular complexity index is 1000. The first-order valence-corrected chi connectivity index (χ1v) is 10.2. The monoisotopic (exact) mass is 409 g/mol. The van der Waals surface area contributed by atoms with Crippen LogP contribution < -0.4 is 4.72 Å². The van der Waals surface area contributed by atoms with Crippen molar-refractivity contribution in [2.24, 2.45) is 0 Å². The Kier molecular flexibility index (Phi) is 5.67. The van der Waals surface area contributed by atoms with E-state index in [-0.39, 0.29) is 9.92 Å². The fraction of sp³-hybridized carbons (Fsp3) is 0.167. The van der Waals surface area contributed by atoms with Crippen LogP contribution in [0, 0.1) is 0 Å². The third kappa shape index (κ3) is 4.10. The number of imidazole rings is 1. The summed E-state index contributed by atoms with van der Waals surface area (Å²) < 4.78 is 28.1. The van der Waals surface area contributed by atoms with Gasteiger partial charge in [-0.3, -0.25) is 0 Å². The van der Waals surface area contributed by atoms with Crippen LogP contribution in [0.2, 0.25) is 10.0 Å². The summed E-state index contributed by atoms with van der Waals surface area (Å²) in [4.78, 5) is 7.47. The van der Waals surface area contributed by atoms with Crippen LogP contribution >= 0.6 is 23.2 Å². The molecule has 1 unspecified atom stereocenters. The number of nitrogens with zero attached hydrogens (tertiary/aromatic N) is 1. The molecule has 3 rings (SSSR count). The molecule has 2 N–H and O–H groups in total. The van der Waals surface area contributed by atoms with Gasteiger partial charge in [0.2, 0.25) is 10.0 Å². The highest BCUT2D eigenvalue weighted by Gasteiger charge is 2.24. The van der Waals surface area contributed by atoms with Crippen molar-refractivity contribution in [3.63, 3.8) is 0 Å². The summed E-state index contributed by atoms with van der Waals surface area (Å²) in [6.07, 6.45) is 2.20. The van der Waals surface area contributed by atoms with E-state index in [1.165, 1.54) is 12.1 Å². The number of hydrogen-bond acceptors (Lipinski definition) is 3. The van der Waals surface area contributed by atoms with Gasteiger partial charge in [0.1, 0.15) is 10.7 Å². The van der Waals surface area contributed by atoms with Crippen LogP contribution in [-0.2, 0) is 10.0 Å². The molecule has 26 heavy (non-hydrogen) atoms. The van der Waals surface area contributed by atoms with E-state index in [1.54, 1.807) is 12.3 Å². The molecule has 0 saturated heterocycles. The van der Waals surface area contributed by atoms with Crippen LogP contribution in [0.3, 0.4) is 0 Å². The topological polar surface area (TPSA) is 74.8 Å². The number of aromatic amines is 1. The molecule has 1 atom stereocenters. The lowest BCUT2D eigenvalue weighted by molar-refractivity contribution is 0.539. The maximum atomic E-state index is 12.7. The number of nitrogens with one attached hydrogen (secondary N) is 2. The second-order valence-corrected chi connectivity index (χ2v) is 8.23. The molecule has 1 aromatic heterocycles. The first kappa shape index (κ1) is 18.9. The Morgan fingerprint density at radius 2 is 1.88 bits per heavy atom. The number of hydrogen-bond donors (Lipinski definition) is 2.